The Bertz CT molecular complexity index is 683. The van der Waals surface area contributed by atoms with Crippen LogP contribution in [0.3, 0.4) is 0 Å². The lowest BCUT2D eigenvalue weighted by atomic mass is 10.1. The largest absolute Gasteiger partial charge is 0.492 e. The lowest BCUT2D eigenvalue weighted by Gasteiger charge is -2.37. The van der Waals surface area contributed by atoms with Crippen molar-refractivity contribution in [1.29, 1.82) is 0 Å². The minimum atomic E-state index is 0.0903. The van der Waals surface area contributed by atoms with Gasteiger partial charge in [-0.05, 0) is 44.2 Å². The van der Waals surface area contributed by atoms with E-state index in [1.165, 1.54) is 5.57 Å². The number of carbonyl (C=O) groups is 1. The van der Waals surface area contributed by atoms with Crippen molar-refractivity contribution < 1.29 is 9.53 Å². The van der Waals surface area contributed by atoms with Crippen molar-refractivity contribution in [2.45, 2.75) is 34.6 Å². The summed E-state index contributed by atoms with van der Waals surface area (Å²) < 4.78 is 5.76. The summed E-state index contributed by atoms with van der Waals surface area (Å²) in [6.07, 6.45) is 2.27. The third kappa shape index (κ3) is 3.60. The van der Waals surface area contributed by atoms with E-state index in [2.05, 4.69) is 49.6 Å². The average molecular weight is 357 g/mol. The van der Waals surface area contributed by atoms with E-state index in [4.69, 9.17) is 4.74 Å². The fourth-order valence-corrected chi connectivity index (χ4v) is 4.18. The van der Waals surface area contributed by atoms with Crippen molar-refractivity contribution in [3.05, 3.63) is 35.9 Å². The number of allylic oxidation sites excluding steroid dienone is 2. The van der Waals surface area contributed by atoms with Gasteiger partial charge in [-0.25, -0.2) is 0 Å². The molecule has 0 spiro atoms. The molecular formula is C22H32N2O2. The molecule has 1 aliphatic heterocycles. The van der Waals surface area contributed by atoms with Gasteiger partial charge in [-0.3, -0.25) is 4.79 Å². The molecule has 1 aromatic carbocycles. The molecule has 0 N–H and O–H groups in total. The Balaban J connectivity index is 1.63. The maximum atomic E-state index is 13.0. The Kier molecular flexibility index (Phi) is 5.31. The summed E-state index contributed by atoms with van der Waals surface area (Å²) in [5.74, 6) is 1.79. The van der Waals surface area contributed by atoms with E-state index >= 15 is 0 Å². The van der Waals surface area contributed by atoms with Crippen molar-refractivity contribution in [3.8, 4) is 5.75 Å². The van der Waals surface area contributed by atoms with Gasteiger partial charge in [-0.1, -0.05) is 37.6 Å². The Morgan fingerprint density at radius 1 is 1.19 bits per heavy atom. The molecule has 1 heterocycles. The number of anilines is 1. The molecule has 1 saturated heterocycles. The van der Waals surface area contributed by atoms with Gasteiger partial charge in [0.1, 0.15) is 5.75 Å². The second kappa shape index (κ2) is 7.34. The number of carbonyl (C=O) groups excluding carboxylic acids is 1. The molecule has 26 heavy (non-hydrogen) atoms. The third-order valence-electron chi connectivity index (χ3n) is 5.79. The highest BCUT2D eigenvalue weighted by atomic mass is 16.5. The molecule has 0 bridgehead atoms. The summed E-state index contributed by atoms with van der Waals surface area (Å²) in [6.45, 7) is 14.6. The molecule has 1 aromatic rings. The smallest absolute Gasteiger partial charge is 0.226 e. The molecule has 1 saturated carbocycles. The zero-order valence-corrected chi connectivity index (χ0v) is 16.8. The van der Waals surface area contributed by atoms with Gasteiger partial charge in [0.25, 0.3) is 0 Å². The molecular weight excluding hydrogens is 324 g/mol. The quantitative estimate of drug-likeness (QED) is 0.748. The molecule has 2 fully saturated rings. The molecule has 0 aromatic heterocycles. The number of amides is 1. The van der Waals surface area contributed by atoms with Crippen molar-refractivity contribution in [2.24, 2.45) is 17.3 Å². The van der Waals surface area contributed by atoms with E-state index < -0.39 is 0 Å². The van der Waals surface area contributed by atoms with Gasteiger partial charge in [-0.2, -0.15) is 0 Å². The zero-order chi connectivity index (χ0) is 18.9. The summed E-state index contributed by atoms with van der Waals surface area (Å²) in [7, 11) is 0. The first kappa shape index (κ1) is 18.8. The van der Waals surface area contributed by atoms with Gasteiger partial charge in [0, 0.05) is 26.2 Å². The highest BCUT2D eigenvalue weighted by Gasteiger charge is 2.61. The van der Waals surface area contributed by atoms with Gasteiger partial charge in [0.15, 0.2) is 0 Å². The van der Waals surface area contributed by atoms with Crippen LogP contribution in [0, 0.1) is 17.3 Å². The van der Waals surface area contributed by atoms with Gasteiger partial charge in [0.05, 0.1) is 18.2 Å². The minimum absolute atomic E-state index is 0.0903. The number of hydrogen-bond acceptors (Lipinski definition) is 3. The van der Waals surface area contributed by atoms with Crippen LogP contribution in [0.4, 0.5) is 5.69 Å². The van der Waals surface area contributed by atoms with Crippen LogP contribution in [-0.4, -0.2) is 43.6 Å². The van der Waals surface area contributed by atoms with Crippen LogP contribution in [0.1, 0.15) is 34.6 Å². The SMILES string of the molecule is CCOc1ccccc1N1CCN(C(=O)C2C(C=C(C)C)C2(C)C)CC1. The summed E-state index contributed by atoms with van der Waals surface area (Å²) in [4.78, 5) is 17.4. The number of ether oxygens (including phenoxy) is 1. The fraction of sp³-hybridized carbons (Fsp3) is 0.591. The predicted octanol–water partition coefficient (Wildman–Crippen LogP) is 3.97. The second-order valence-corrected chi connectivity index (χ2v) is 8.28. The summed E-state index contributed by atoms with van der Waals surface area (Å²) in [5.41, 5.74) is 2.53. The number of piperazine rings is 1. The number of rotatable bonds is 5. The molecule has 4 heteroatoms. The topological polar surface area (TPSA) is 32.8 Å². The van der Waals surface area contributed by atoms with E-state index in [9.17, 15) is 4.79 Å². The van der Waals surface area contributed by atoms with Crippen molar-refractivity contribution in [1.82, 2.24) is 4.90 Å². The fourth-order valence-electron chi connectivity index (χ4n) is 4.18. The monoisotopic (exact) mass is 356 g/mol. The molecule has 2 aliphatic rings. The number of nitrogens with zero attached hydrogens (tertiary/aromatic N) is 2. The number of hydrogen-bond donors (Lipinski definition) is 0. The van der Waals surface area contributed by atoms with E-state index in [0.29, 0.717) is 18.4 Å². The van der Waals surface area contributed by atoms with E-state index in [1.54, 1.807) is 0 Å². The van der Waals surface area contributed by atoms with Gasteiger partial charge in [-0.15, -0.1) is 0 Å². The highest BCUT2D eigenvalue weighted by molar-refractivity contribution is 5.84. The van der Waals surface area contributed by atoms with Crippen molar-refractivity contribution >= 4 is 11.6 Å². The first-order valence-corrected chi connectivity index (χ1v) is 9.76. The van der Waals surface area contributed by atoms with Gasteiger partial charge >= 0.3 is 0 Å². The molecule has 2 unspecified atom stereocenters. The third-order valence-corrected chi connectivity index (χ3v) is 5.79. The molecule has 4 nitrogen and oxygen atoms in total. The molecule has 1 aliphatic carbocycles. The van der Waals surface area contributed by atoms with E-state index in [1.807, 2.05) is 25.1 Å². The van der Waals surface area contributed by atoms with Gasteiger partial charge in [0.2, 0.25) is 5.91 Å². The predicted molar refractivity (Wildman–Crippen MR) is 107 cm³/mol. The standard InChI is InChI=1S/C22H32N2O2/c1-6-26-19-10-8-7-9-18(19)23-11-13-24(14-12-23)21(25)20-17(15-16(2)3)22(20,4)5/h7-10,15,17,20H,6,11-14H2,1-5H3. The number of para-hydroxylation sites is 2. The maximum absolute atomic E-state index is 13.0. The van der Waals surface area contributed by atoms with Crippen LogP contribution >= 0.6 is 0 Å². The van der Waals surface area contributed by atoms with Crippen molar-refractivity contribution in [2.75, 3.05) is 37.7 Å². The Morgan fingerprint density at radius 2 is 1.85 bits per heavy atom. The minimum Gasteiger partial charge on any atom is -0.492 e. The molecule has 2 atom stereocenters. The van der Waals surface area contributed by atoms with Crippen molar-refractivity contribution in [3.63, 3.8) is 0 Å². The maximum Gasteiger partial charge on any atom is 0.226 e. The Hall–Kier alpha value is -1.97. The van der Waals surface area contributed by atoms with Crippen LogP contribution in [0.5, 0.6) is 5.75 Å². The van der Waals surface area contributed by atoms with Crippen LogP contribution < -0.4 is 9.64 Å². The summed E-state index contributed by atoms with van der Waals surface area (Å²) >= 11 is 0. The molecule has 142 valence electrons. The van der Waals surface area contributed by atoms with E-state index in [-0.39, 0.29) is 11.3 Å². The van der Waals surface area contributed by atoms with Crippen LogP contribution in [-0.2, 0) is 4.79 Å². The second-order valence-electron chi connectivity index (χ2n) is 8.28. The zero-order valence-electron chi connectivity index (χ0n) is 16.8. The summed E-state index contributed by atoms with van der Waals surface area (Å²) in [6, 6.07) is 8.18. The van der Waals surface area contributed by atoms with Crippen LogP contribution in [0.2, 0.25) is 0 Å². The molecule has 1 amide bonds. The normalized spacial score (nSPS) is 24.2. The lowest BCUT2D eigenvalue weighted by molar-refractivity contribution is -0.133. The highest BCUT2D eigenvalue weighted by Crippen LogP contribution is 2.60. The van der Waals surface area contributed by atoms with Gasteiger partial charge < -0.3 is 14.5 Å². The first-order valence-electron chi connectivity index (χ1n) is 9.76. The average Bonchev–Trinajstić information content (AvgIpc) is 3.14. The molecule has 0 radical (unpaired) electrons. The van der Waals surface area contributed by atoms with Crippen LogP contribution in [0.25, 0.3) is 0 Å². The number of benzene rings is 1. The first-order chi connectivity index (χ1) is 12.4. The Morgan fingerprint density at radius 3 is 2.46 bits per heavy atom. The summed E-state index contributed by atoms with van der Waals surface area (Å²) in [5, 5.41) is 0. The van der Waals surface area contributed by atoms with Crippen LogP contribution in [0.15, 0.2) is 35.9 Å². The lowest BCUT2D eigenvalue weighted by Crippen LogP contribution is -2.49. The molecule has 3 rings (SSSR count). The van der Waals surface area contributed by atoms with E-state index in [0.717, 1.165) is 37.6 Å². The Labute approximate surface area is 157 Å².